The van der Waals surface area contributed by atoms with E-state index in [4.69, 9.17) is 16.3 Å². The summed E-state index contributed by atoms with van der Waals surface area (Å²) >= 11 is 5.78. The van der Waals surface area contributed by atoms with Crippen LogP contribution in [0.25, 0.3) is 0 Å². The van der Waals surface area contributed by atoms with Crippen molar-refractivity contribution in [3.63, 3.8) is 0 Å². The van der Waals surface area contributed by atoms with Gasteiger partial charge in [0.1, 0.15) is 12.4 Å². The fourth-order valence-electron chi connectivity index (χ4n) is 1.22. The van der Waals surface area contributed by atoms with Crippen molar-refractivity contribution in [1.29, 1.82) is 0 Å². The summed E-state index contributed by atoms with van der Waals surface area (Å²) in [5.74, 6) is 0.851. The zero-order valence-electron chi connectivity index (χ0n) is 8.56. The molecule has 0 unspecified atom stereocenters. The fourth-order valence-corrected chi connectivity index (χ4v) is 1.34. The van der Waals surface area contributed by atoms with Gasteiger partial charge in [0.15, 0.2) is 12.4 Å². The summed E-state index contributed by atoms with van der Waals surface area (Å²) in [5, 5.41) is 0.744. The Morgan fingerprint density at radius 1 is 1.00 bits per heavy atom. The Kier molecular flexibility index (Phi) is 4.76. The molecule has 1 aromatic carbocycles. The van der Waals surface area contributed by atoms with Gasteiger partial charge in [-0.15, -0.1) is 0 Å². The lowest BCUT2D eigenvalue weighted by atomic mass is 10.2. The maximum absolute atomic E-state index is 5.78. The van der Waals surface area contributed by atoms with Crippen molar-refractivity contribution in [2.75, 3.05) is 0 Å². The van der Waals surface area contributed by atoms with Gasteiger partial charge in [-0.1, -0.05) is 23.7 Å². The molecule has 84 valence electrons. The van der Waals surface area contributed by atoms with Crippen LogP contribution in [-0.4, -0.2) is 5.48 Å². The first-order valence-electron chi connectivity index (χ1n) is 4.68. The maximum Gasteiger partial charge on any atom is 0.170 e. The molecule has 0 fully saturated rings. The molecule has 16 heavy (non-hydrogen) atoms. The second-order valence-electron chi connectivity index (χ2n) is 3.15. The molecule has 0 spiro atoms. The molecule has 2 rings (SSSR count). The monoisotopic (exact) mass is 237 g/mol. The van der Waals surface area contributed by atoms with E-state index >= 15 is 0 Å². The number of nitrogens with one attached hydrogen (secondary N) is 1. The Hall–Kier alpha value is -1.58. The summed E-state index contributed by atoms with van der Waals surface area (Å²) in [6.45, 7) is 0.557. The quantitative estimate of drug-likeness (QED) is 0.824. The molecule has 0 atom stereocenters. The van der Waals surface area contributed by atoms with Gasteiger partial charge >= 0.3 is 0 Å². The normalized spacial score (nSPS) is 9.31. The number of ether oxygens (including phenoxy) is 1. The second-order valence-corrected chi connectivity index (χ2v) is 3.59. The van der Waals surface area contributed by atoms with E-state index in [2.05, 4.69) is 4.98 Å². The molecule has 2 aromatic rings. The molecular weight excluding hydrogens is 226 g/mol. The van der Waals surface area contributed by atoms with E-state index in [0.29, 0.717) is 6.61 Å². The summed E-state index contributed by atoms with van der Waals surface area (Å²) in [7, 11) is 0. The Labute approximate surface area is 99.0 Å². The molecule has 0 saturated heterocycles. The summed E-state index contributed by atoms with van der Waals surface area (Å²) in [4.78, 5) is 2.94. The lowest BCUT2D eigenvalue weighted by Crippen LogP contribution is -2.00. The number of aromatic amines is 1. The highest BCUT2D eigenvalue weighted by Gasteiger charge is 1.96. The van der Waals surface area contributed by atoms with E-state index in [1.165, 1.54) is 0 Å². The smallest absolute Gasteiger partial charge is 0.170 e. The topological polar surface area (TPSA) is 53.4 Å². The molecule has 0 saturated carbocycles. The summed E-state index contributed by atoms with van der Waals surface area (Å²) in [6.07, 6.45) is 3.66. The van der Waals surface area contributed by atoms with Crippen LogP contribution in [0.4, 0.5) is 0 Å². The third-order valence-corrected chi connectivity index (χ3v) is 2.26. The standard InChI is InChI=1S/C12H10ClNO.H2O/c13-11-3-1-10(2-4-11)9-15-12-5-7-14-8-6-12;/h1-8H,9H2;1H2. The maximum atomic E-state index is 5.78. The number of benzene rings is 1. The zero-order valence-corrected chi connectivity index (χ0v) is 9.32. The van der Waals surface area contributed by atoms with E-state index in [1.807, 2.05) is 48.8 Å². The number of pyridine rings is 1. The Morgan fingerprint density at radius 2 is 1.62 bits per heavy atom. The van der Waals surface area contributed by atoms with Crippen LogP contribution >= 0.6 is 11.6 Å². The highest BCUT2D eigenvalue weighted by Crippen LogP contribution is 2.12. The van der Waals surface area contributed by atoms with Gasteiger partial charge in [-0.2, -0.15) is 0 Å². The minimum atomic E-state index is 0. The van der Waals surface area contributed by atoms with Crippen LogP contribution in [0.5, 0.6) is 5.75 Å². The van der Waals surface area contributed by atoms with Crippen molar-refractivity contribution in [2.45, 2.75) is 6.61 Å². The number of halogens is 1. The third kappa shape index (κ3) is 3.53. The molecule has 0 aliphatic carbocycles. The molecular formula is C12H12ClNO2. The van der Waals surface area contributed by atoms with E-state index < -0.39 is 0 Å². The lowest BCUT2D eigenvalue weighted by Gasteiger charge is -2.04. The van der Waals surface area contributed by atoms with Crippen molar-refractivity contribution in [3.8, 4) is 5.75 Å². The zero-order chi connectivity index (χ0) is 10.5. The molecule has 1 heterocycles. The first kappa shape index (κ1) is 12.5. The number of hydrogen-bond acceptors (Lipinski definition) is 2. The minimum absolute atomic E-state index is 0. The molecule has 0 amide bonds. The van der Waals surface area contributed by atoms with Gasteiger partial charge in [0.25, 0.3) is 0 Å². The largest absolute Gasteiger partial charge is 0.870 e. The summed E-state index contributed by atoms with van der Waals surface area (Å²) in [5.41, 5.74) is 1.10. The van der Waals surface area contributed by atoms with Crippen molar-refractivity contribution < 1.29 is 15.2 Å². The summed E-state index contributed by atoms with van der Waals surface area (Å²) < 4.78 is 5.57. The average molecular weight is 238 g/mol. The molecule has 1 aromatic heterocycles. The van der Waals surface area contributed by atoms with Gasteiger partial charge in [0, 0.05) is 17.2 Å². The van der Waals surface area contributed by atoms with Gasteiger partial charge in [-0.25, -0.2) is 4.98 Å². The van der Waals surface area contributed by atoms with Gasteiger partial charge in [0.05, 0.1) is 0 Å². The lowest BCUT2D eigenvalue weighted by molar-refractivity contribution is -0.378. The van der Waals surface area contributed by atoms with Gasteiger partial charge in [-0.3, -0.25) is 0 Å². The van der Waals surface area contributed by atoms with Crippen LogP contribution in [0.1, 0.15) is 5.56 Å². The first-order chi connectivity index (χ1) is 7.34. The minimum Gasteiger partial charge on any atom is -0.870 e. The Morgan fingerprint density at radius 3 is 2.25 bits per heavy atom. The SMILES string of the molecule is Clc1ccc(COc2cc[nH+]cc2)cc1.[OH-]. The summed E-state index contributed by atoms with van der Waals surface area (Å²) in [6, 6.07) is 11.4. The molecule has 0 aliphatic rings. The second kappa shape index (κ2) is 6.10. The Balaban J connectivity index is 0.00000128. The molecule has 0 radical (unpaired) electrons. The number of hydrogen-bond donors (Lipinski definition) is 0. The predicted octanol–water partition coefficient (Wildman–Crippen LogP) is 2.56. The van der Waals surface area contributed by atoms with E-state index in [-0.39, 0.29) is 5.48 Å². The van der Waals surface area contributed by atoms with Crippen LogP contribution in [0, 0.1) is 0 Å². The third-order valence-electron chi connectivity index (χ3n) is 2.01. The molecule has 4 heteroatoms. The molecule has 0 aliphatic heterocycles. The molecule has 2 N–H and O–H groups in total. The van der Waals surface area contributed by atoms with Gasteiger partial charge < -0.3 is 10.2 Å². The number of aromatic nitrogens is 1. The van der Waals surface area contributed by atoms with Crippen molar-refractivity contribution >= 4 is 11.6 Å². The average Bonchev–Trinajstić information content (AvgIpc) is 2.30. The highest BCUT2D eigenvalue weighted by molar-refractivity contribution is 6.30. The van der Waals surface area contributed by atoms with E-state index in [0.717, 1.165) is 16.3 Å². The van der Waals surface area contributed by atoms with Crippen LogP contribution < -0.4 is 9.72 Å². The fraction of sp³-hybridized carbons (Fsp3) is 0.0833. The van der Waals surface area contributed by atoms with Gasteiger partial charge in [0.2, 0.25) is 0 Å². The molecule has 0 bridgehead atoms. The van der Waals surface area contributed by atoms with Crippen molar-refractivity contribution in [1.82, 2.24) is 0 Å². The van der Waals surface area contributed by atoms with Gasteiger partial charge in [-0.05, 0) is 17.7 Å². The van der Waals surface area contributed by atoms with Crippen LogP contribution in [0.3, 0.4) is 0 Å². The number of H-pyrrole nitrogens is 1. The van der Waals surface area contributed by atoms with E-state index in [9.17, 15) is 0 Å². The highest BCUT2D eigenvalue weighted by atomic mass is 35.5. The van der Waals surface area contributed by atoms with Crippen LogP contribution in [0.15, 0.2) is 48.8 Å². The van der Waals surface area contributed by atoms with Crippen LogP contribution in [0.2, 0.25) is 5.02 Å². The Bertz CT molecular complexity index is 417. The first-order valence-corrected chi connectivity index (χ1v) is 5.06. The van der Waals surface area contributed by atoms with Crippen molar-refractivity contribution in [3.05, 3.63) is 59.4 Å². The van der Waals surface area contributed by atoms with Crippen molar-refractivity contribution in [2.24, 2.45) is 0 Å². The molecule has 3 nitrogen and oxygen atoms in total. The number of rotatable bonds is 3. The van der Waals surface area contributed by atoms with Crippen LogP contribution in [-0.2, 0) is 6.61 Å². The predicted molar refractivity (Wildman–Crippen MR) is 60.7 cm³/mol. The van der Waals surface area contributed by atoms with E-state index in [1.54, 1.807) is 0 Å².